The summed E-state index contributed by atoms with van der Waals surface area (Å²) < 4.78 is 20.6. The Bertz CT molecular complexity index is 767. The summed E-state index contributed by atoms with van der Waals surface area (Å²) in [5.74, 6) is -0.722. The summed E-state index contributed by atoms with van der Waals surface area (Å²) in [4.78, 5) is 16.2. The van der Waals surface area contributed by atoms with Crippen molar-refractivity contribution in [2.24, 2.45) is 0 Å². The summed E-state index contributed by atoms with van der Waals surface area (Å²) in [6, 6.07) is 3.49. The summed E-state index contributed by atoms with van der Waals surface area (Å²) in [5, 5.41) is 7.22. The molecular formula is C14H12ClFN4O2. The lowest BCUT2D eigenvalue weighted by atomic mass is 9.95. The van der Waals surface area contributed by atoms with E-state index in [1.807, 2.05) is 0 Å². The van der Waals surface area contributed by atoms with Gasteiger partial charge >= 0.3 is 5.97 Å². The molecule has 0 radical (unpaired) electrons. The zero-order valence-corrected chi connectivity index (χ0v) is 12.6. The van der Waals surface area contributed by atoms with Gasteiger partial charge in [0, 0.05) is 16.3 Å². The highest BCUT2D eigenvalue weighted by molar-refractivity contribution is 6.31. The maximum absolute atomic E-state index is 14.4. The van der Waals surface area contributed by atoms with Gasteiger partial charge in [-0.3, -0.25) is 0 Å². The average molecular weight is 323 g/mol. The fourth-order valence-electron chi connectivity index (χ4n) is 2.50. The molecule has 2 aromatic rings. The van der Waals surface area contributed by atoms with Crippen LogP contribution in [0.5, 0.6) is 0 Å². The average Bonchev–Trinajstić information content (AvgIpc) is 2.94. The molecule has 0 spiro atoms. The standard InChI is InChI=1S/C14H12ClFN4O2/c1-7-10(13(21)22-2)12(20-14(19-7)17-6-18-20)11-8(15)4-3-5-9(11)16/h3-6,12H,1-2H3,(H,17,18,19). The van der Waals surface area contributed by atoms with E-state index in [4.69, 9.17) is 16.3 Å². The van der Waals surface area contributed by atoms with Crippen LogP contribution in [-0.2, 0) is 9.53 Å². The number of hydrogen-bond acceptors (Lipinski definition) is 5. The Hall–Kier alpha value is -2.41. The summed E-state index contributed by atoms with van der Waals surface area (Å²) >= 11 is 6.16. The van der Waals surface area contributed by atoms with Crippen molar-refractivity contribution in [1.82, 2.24) is 14.8 Å². The van der Waals surface area contributed by atoms with Crippen LogP contribution in [0.1, 0.15) is 18.5 Å². The molecule has 1 aliphatic rings. The number of anilines is 1. The molecule has 6 nitrogen and oxygen atoms in total. The van der Waals surface area contributed by atoms with E-state index < -0.39 is 17.8 Å². The first-order valence-electron chi connectivity index (χ1n) is 6.44. The van der Waals surface area contributed by atoms with E-state index in [0.29, 0.717) is 11.6 Å². The SMILES string of the molecule is COC(=O)C1=C(C)Nc2ncnn2C1c1c(F)cccc1Cl. The van der Waals surface area contributed by atoms with Gasteiger partial charge in [-0.15, -0.1) is 0 Å². The Morgan fingerprint density at radius 1 is 1.50 bits per heavy atom. The van der Waals surface area contributed by atoms with Crippen LogP contribution in [0.2, 0.25) is 5.02 Å². The van der Waals surface area contributed by atoms with Crippen LogP contribution < -0.4 is 5.32 Å². The predicted molar refractivity (Wildman–Crippen MR) is 77.9 cm³/mol. The van der Waals surface area contributed by atoms with Crippen LogP contribution in [0.4, 0.5) is 10.3 Å². The minimum atomic E-state index is -0.847. The summed E-state index contributed by atoms with van der Waals surface area (Å²) in [6.45, 7) is 1.69. The normalized spacial score (nSPS) is 17.0. The second-order valence-corrected chi connectivity index (χ2v) is 5.13. The second kappa shape index (κ2) is 5.42. The van der Waals surface area contributed by atoms with Crippen molar-refractivity contribution in [2.45, 2.75) is 13.0 Å². The molecule has 0 fully saturated rings. The van der Waals surface area contributed by atoms with Crippen LogP contribution in [0.3, 0.4) is 0 Å². The number of nitrogens with zero attached hydrogens (tertiary/aromatic N) is 3. The maximum atomic E-state index is 14.4. The Labute approximate surface area is 130 Å². The number of methoxy groups -OCH3 is 1. The molecule has 0 saturated heterocycles. The molecule has 3 rings (SSSR count). The number of fused-ring (bicyclic) bond motifs is 1. The van der Waals surface area contributed by atoms with E-state index in [0.717, 1.165) is 0 Å². The first-order valence-corrected chi connectivity index (χ1v) is 6.82. The lowest BCUT2D eigenvalue weighted by Gasteiger charge is -2.28. The number of ether oxygens (including phenoxy) is 1. The minimum absolute atomic E-state index is 0.150. The highest BCUT2D eigenvalue weighted by Gasteiger charge is 2.36. The monoisotopic (exact) mass is 322 g/mol. The number of esters is 1. The molecule has 1 N–H and O–H groups in total. The lowest BCUT2D eigenvalue weighted by molar-refractivity contribution is -0.136. The van der Waals surface area contributed by atoms with E-state index in [2.05, 4.69) is 15.4 Å². The maximum Gasteiger partial charge on any atom is 0.338 e. The van der Waals surface area contributed by atoms with E-state index in [-0.39, 0.29) is 16.2 Å². The number of carbonyl (C=O) groups excluding carboxylic acids is 1. The van der Waals surface area contributed by atoms with Gasteiger partial charge in [0.25, 0.3) is 0 Å². The van der Waals surface area contributed by atoms with Gasteiger partial charge in [-0.05, 0) is 19.1 Å². The zero-order chi connectivity index (χ0) is 15.9. The summed E-state index contributed by atoms with van der Waals surface area (Å²) in [6.07, 6.45) is 1.32. The van der Waals surface area contributed by atoms with Crippen LogP contribution in [0, 0.1) is 5.82 Å². The Morgan fingerprint density at radius 2 is 2.27 bits per heavy atom. The van der Waals surface area contributed by atoms with Crippen molar-refractivity contribution in [3.63, 3.8) is 0 Å². The molecular weight excluding hydrogens is 311 g/mol. The number of aromatic nitrogens is 3. The van der Waals surface area contributed by atoms with Crippen LogP contribution >= 0.6 is 11.6 Å². The number of benzene rings is 1. The number of nitrogens with one attached hydrogen (secondary N) is 1. The van der Waals surface area contributed by atoms with Gasteiger partial charge in [0.2, 0.25) is 5.95 Å². The minimum Gasteiger partial charge on any atom is -0.466 e. The number of rotatable bonds is 2. The molecule has 8 heteroatoms. The Balaban J connectivity index is 2.28. The van der Waals surface area contributed by atoms with Gasteiger partial charge in [-0.1, -0.05) is 17.7 Å². The smallest absolute Gasteiger partial charge is 0.338 e. The van der Waals surface area contributed by atoms with Gasteiger partial charge in [0.15, 0.2) is 0 Å². The van der Waals surface area contributed by atoms with E-state index in [1.54, 1.807) is 13.0 Å². The molecule has 0 bridgehead atoms. The summed E-state index contributed by atoms with van der Waals surface area (Å²) in [5.41, 5.74) is 0.890. The largest absolute Gasteiger partial charge is 0.466 e. The third-order valence-electron chi connectivity index (χ3n) is 3.47. The van der Waals surface area contributed by atoms with E-state index in [1.165, 1.54) is 30.3 Å². The molecule has 22 heavy (non-hydrogen) atoms. The summed E-state index contributed by atoms with van der Waals surface area (Å²) in [7, 11) is 1.26. The predicted octanol–water partition coefficient (Wildman–Crippen LogP) is 2.53. The van der Waals surface area contributed by atoms with Crippen molar-refractivity contribution in [3.8, 4) is 0 Å². The topological polar surface area (TPSA) is 69.0 Å². The fourth-order valence-corrected chi connectivity index (χ4v) is 2.77. The number of carbonyl (C=O) groups is 1. The quantitative estimate of drug-likeness (QED) is 0.860. The number of halogens is 2. The molecule has 1 aromatic carbocycles. The van der Waals surface area contributed by atoms with Crippen molar-refractivity contribution in [2.75, 3.05) is 12.4 Å². The molecule has 1 aliphatic heterocycles. The van der Waals surface area contributed by atoms with Gasteiger partial charge < -0.3 is 10.1 Å². The third kappa shape index (κ3) is 2.14. The van der Waals surface area contributed by atoms with E-state index in [9.17, 15) is 9.18 Å². The lowest BCUT2D eigenvalue weighted by Crippen LogP contribution is -2.30. The first kappa shape index (κ1) is 14.5. The highest BCUT2D eigenvalue weighted by atomic mass is 35.5. The van der Waals surface area contributed by atoms with Crippen LogP contribution in [0.15, 0.2) is 35.8 Å². The van der Waals surface area contributed by atoms with Crippen molar-refractivity contribution >= 4 is 23.5 Å². The number of allylic oxidation sites excluding steroid dienone is 1. The molecule has 1 aromatic heterocycles. The first-order chi connectivity index (χ1) is 10.5. The van der Waals surface area contributed by atoms with Gasteiger partial charge in [0.05, 0.1) is 12.7 Å². The fraction of sp³-hybridized carbons (Fsp3) is 0.214. The van der Waals surface area contributed by atoms with Crippen molar-refractivity contribution < 1.29 is 13.9 Å². The Kier molecular flexibility index (Phi) is 3.58. The van der Waals surface area contributed by atoms with Gasteiger partial charge in [0.1, 0.15) is 18.2 Å². The Morgan fingerprint density at radius 3 is 2.95 bits per heavy atom. The number of hydrogen-bond donors (Lipinski definition) is 1. The molecule has 1 atom stereocenters. The zero-order valence-electron chi connectivity index (χ0n) is 11.8. The van der Waals surface area contributed by atoms with E-state index >= 15 is 0 Å². The molecule has 0 saturated carbocycles. The van der Waals surface area contributed by atoms with Crippen molar-refractivity contribution in [1.29, 1.82) is 0 Å². The van der Waals surface area contributed by atoms with Crippen molar-refractivity contribution in [3.05, 3.63) is 52.2 Å². The second-order valence-electron chi connectivity index (χ2n) is 4.72. The molecule has 114 valence electrons. The van der Waals surface area contributed by atoms with Gasteiger partial charge in [-0.2, -0.15) is 10.1 Å². The third-order valence-corrected chi connectivity index (χ3v) is 3.80. The molecule has 0 aliphatic carbocycles. The van der Waals surface area contributed by atoms with Gasteiger partial charge in [-0.25, -0.2) is 13.9 Å². The highest BCUT2D eigenvalue weighted by Crippen LogP contribution is 2.39. The van der Waals surface area contributed by atoms with Crippen LogP contribution in [-0.4, -0.2) is 27.8 Å². The molecule has 1 unspecified atom stereocenters. The molecule has 0 amide bonds. The van der Waals surface area contributed by atoms with Crippen LogP contribution in [0.25, 0.3) is 0 Å². The molecule has 2 heterocycles.